The van der Waals surface area contributed by atoms with E-state index in [9.17, 15) is 18.0 Å². The van der Waals surface area contributed by atoms with Gasteiger partial charge in [-0.05, 0) is 51.0 Å². The maximum atomic E-state index is 12.7. The number of amides is 1. The van der Waals surface area contributed by atoms with Crippen LogP contribution in [0.1, 0.15) is 31.0 Å². The van der Waals surface area contributed by atoms with Crippen LogP contribution in [0.25, 0.3) is 0 Å². The van der Waals surface area contributed by atoms with Crippen molar-refractivity contribution in [2.45, 2.75) is 55.1 Å². The molecule has 0 unspecified atom stereocenters. The van der Waals surface area contributed by atoms with Gasteiger partial charge < -0.3 is 15.5 Å². The van der Waals surface area contributed by atoms with Gasteiger partial charge in [-0.15, -0.1) is 11.8 Å². The number of benzene rings is 1. The van der Waals surface area contributed by atoms with Gasteiger partial charge in [-0.3, -0.25) is 4.79 Å². The van der Waals surface area contributed by atoms with E-state index in [-0.39, 0.29) is 18.0 Å². The number of aromatic nitrogens is 2. The van der Waals surface area contributed by atoms with E-state index in [1.54, 1.807) is 11.8 Å². The third-order valence-corrected chi connectivity index (χ3v) is 6.79. The van der Waals surface area contributed by atoms with Gasteiger partial charge in [-0.1, -0.05) is 0 Å². The van der Waals surface area contributed by atoms with Crippen molar-refractivity contribution in [1.82, 2.24) is 9.97 Å². The van der Waals surface area contributed by atoms with Crippen molar-refractivity contribution in [3.05, 3.63) is 35.5 Å². The summed E-state index contributed by atoms with van der Waals surface area (Å²) in [5, 5.41) is 6.53. The van der Waals surface area contributed by atoms with E-state index in [1.807, 2.05) is 25.8 Å². The summed E-state index contributed by atoms with van der Waals surface area (Å²) in [6, 6.07) is 5.18. The number of hydrogen-bond acceptors (Lipinski definition) is 6. The van der Waals surface area contributed by atoms with Crippen LogP contribution in [0.15, 0.2) is 29.2 Å². The summed E-state index contributed by atoms with van der Waals surface area (Å²) >= 11 is 1.59. The number of carbonyl (C=O) groups excluding carboxylic acids is 1. The van der Waals surface area contributed by atoms with Gasteiger partial charge in [-0.2, -0.15) is 18.2 Å². The Labute approximate surface area is 176 Å². The zero-order valence-corrected chi connectivity index (χ0v) is 17.6. The maximum absolute atomic E-state index is 12.7. The fourth-order valence-corrected chi connectivity index (χ4v) is 4.82. The first-order valence-corrected chi connectivity index (χ1v) is 10.5. The highest BCUT2D eigenvalue weighted by Crippen LogP contribution is 2.39. The third-order valence-electron chi connectivity index (χ3n) is 5.53. The minimum absolute atomic E-state index is 0.0838. The molecule has 0 radical (unpaired) electrons. The second kappa shape index (κ2) is 7.64. The molecule has 2 aromatic rings. The molecule has 1 amide bonds. The lowest BCUT2D eigenvalue weighted by molar-refractivity contribution is -0.137. The second-order valence-electron chi connectivity index (χ2n) is 7.68. The number of carbonyl (C=O) groups is 1. The molecule has 1 atom stereocenters. The summed E-state index contributed by atoms with van der Waals surface area (Å²) in [6.45, 7) is 3.65. The van der Waals surface area contributed by atoms with Crippen LogP contribution in [-0.4, -0.2) is 40.3 Å². The molecule has 1 aromatic carbocycles. The predicted molar refractivity (Wildman–Crippen MR) is 111 cm³/mol. The summed E-state index contributed by atoms with van der Waals surface area (Å²) < 4.78 is 38.0. The SMILES string of the molecule is Cc1nc(NC2CC(Sc3ccc(C(F)(F)F)cc3)C2)nc2c1NC(=O)[C@H](C)N2C. The first-order chi connectivity index (χ1) is 14.1. The molecule has 1 fully saturated rings. The van der Waals surface area contributed by atoms with Crippen LogP contribution in [0.4, 0.5) is 30.6 Å². The summed E-state index contributed by atoms with van der Waals surface area (Å²) in [5.74, 6) is 1.12. The van der Waals surface area contributed by atoms with E-state index in [4.69, 9.17) is 0 Å². The van der Waals surface area contributed by atoms with E-state index in [0.29, 0.717) is 28.4 Å². The Morgan fingerprint density at radius 1 is 1.20 bits per heavy atom. The average molecular weight is 437 g/mol. The van der Waals surface area contributed by atoms with Crippen molar-refractivity contribution in [2.24, 2.45) is 0 Å². The summed E-state index contributed by atoms with van der Waals surface area (Å²) in [7, 11) is 1.83. The molecule has 2 aliphatic rings. The molecule has 6 nitrogen and oxygen atoms in total. The molecule has 2 N–H and O–H groups in total. The number of rotatable bonds is 4. The van der Waals surface area contributed by atoms with Crippen molar-refractivity contribution in [2.75, 3.05) is 22.6 Å². The van der Waals surface area contributed by atoms with Crippen molar-refractivity contribution < 1.29 is 18.0 Å². The minimum Gasteiger partial charge on any atom is -0.351 e. The molecule has 1 aliphatic heterocycles. The van der Waals surface area contributed by atoms with Crippen molar-refractivity contribution in [3.8, 4) is 0 Å². The van der Waals surface area contributed by atoms with Crippen molar-refractivity contribution in [3.63, 3.8) is 0 Å². The van der Waals surface area contributed by atoms with E-state index < -0.39 is 11.7 Å². The molecular weight excluding hydrogens is 415 g/mol. The lowest BCUT2D eigenvalue weighted by Gasteiger charge is -2.36. The predicted octanol–water partition coefficient (Wildman–Crippen LogP) is 4.32. The Kier molecular flexibility index (Phi) is 5.29. The van der Waals surface area contributed by atoms with Gasteiger partial charge >= 0.3 is 6.18 Å². The number of anilines is 3. The van der Waals surface area contributed by atoms with Gasteiger partial charge in [-0.25, -0.2) is 4.98 Å². The molecule has 30 heavy (non-hydrogen) atoms. The van der Waals surface area contributed by atoms with Gasteiger partial charge in [0.1, 0.15) is 11.7 Å². The van der Waals surface area contributed by atoms with Crippen LogP contribution in [0, 0.1) is 6.92 Å². The summed E-state index contributed by atoms with van der Waals surface area (Å²) in [6.07, 6.45) is -2.57. The Morgan fingerprint density at radius 3 is 2.50 bits per heavy atom. The number of hydrogen-bond donors (Lipinski definition) is 2. The fourth-order valence-electron chi connectivity index (χ4n) is 3.49. The van der Waals surface area contributed by atoms with Crippen LogP contribution in [0.5, 0.6) is 0 Å². The van der Waals surface area contributed by atoms with Gasteiger partial charge in [0.2, 0.25) is 11.9 Å². The highest BCUT2D eigenvalue weighted by Gasteiger charge is 2.34. The fraction of sp³-hybridized carbons (Fsp3) is 0.450. The molecule has 1 aromatic heterocycles. The van der Waals surface area contributed by atoms with E-state index >= 15 is 0 Å². The molecule has 0 saturated heterocycles. The van der Waals surface area contributed by atoms with E-state index in [0.717, 1.165) is 29.9 Å². The molecule has 1 aliphatic carbocycles. The highest BCUT2D eigenvalue weighted by molar-refractivity contribution is 8.00. The van der Waals surface area contributed by atoms with Crippen molar-refractivity contribution >= 4 is 35.1 Å². The molecule has 160 valence electrons. The van der Waals surface area contributed by atoms with Crippen molar-refractivity contribution in [1.29, 1.82) is 0 Å². The second-order valence-corrected chi connectivity index (χ2v) is 9.06. The molecule has 10 heteroatoms. The van der Waals surface area contributed by atoms with E-state index in [1.165, 1.54) is 12.1 Å². The quantitative estimate of drug-likeness (QED) is 0.743. The molecule has 0 spiro atoms. The maximum Gasteiger partial charge on any atom is 0.416 e. The lowest BCUT2D eigenvalue weighted by atomic mass is 9.92. The Morgan fingerprint density at radius 2 is 1.87 bits per heavy atom. The highest BCUT2D eigenvalue weighted by atomic mass is 32.2. The Bertz CT molecular complexity index is 960. The number of aryl methyl sites for hydroxylation is 1. The van der Waals surface area contributed by atoms with Crippen LogP contribution in [0.3, 0.4) is 0 Å². The van der Waals surface area contributed by atoms with Gasteiger partial charge in [0.15, 0.2) is 5.82 Å². The smallest absolute Gasteiger partial charge is 0.351 e. The minimum atomic E-state index is -4.31. The normalized spacial score (nSPS) is 23.5. The number of nitrogens with one attached hydrogen (secondary N) is 2. The zero-order chi connectivity index (χ0) is 21.6. The number of thioether (sulfide) groups is 1. The Balaban J connectivity index is 1.35. The lowest BCUT2D eigenvalue weighted by Crippen LogP contribution is -2.45. The van der Waals surface area contributed by atoms with Crippen LogP contribution < -0.4 is 15.5 Å². The van der Waals surface area contributed by atoms with E-state index in [2.05, 4.69) is 20.6 Å². The molecule has 2 heterocycles. The molecule has 1 saturated carbocycles. The number of fused-ring (bicyclic) bond motifs is 1. The first-order valence-electron chi connectivity index (χ1n) is 9.64. The topological polar surface area (TPSA) is 70.1 Å². The van der Waals surface area contributed by atoms with Crippen LogP contribution in [-0.2, 0) is 11.0 Å². The zero-order valence-electron chi connectivity index (χ0n) is 16.7. The number of alkyl halides is 3. The van der Waals surface area contributed by atoms with Gasteiger partial charge in [0.05, 0.1) is 11.3 Å². The number of halogens is 3. The van der Waals surface area contributed by atoms with Gasteiger partial charge in [0.25, 0.3) is 0 Å². The standard InChI is InChI=1S/C20H22F3N5OS/c1-10-16-17(28(3)11(2)18(29)26-16)27-19(24-10)25-13-8-15(9-13)30-14-6-4-12(5-7-14)20(21,22)23/h4-7,11,13,15H,8-9H2,1-3H3,(H,26,29)(H,24,25,27)/t11-,13?,15?/m0/s1. The number of nitrogens with zero attached hydrogens (tertiary/aromatic N) is 3. The largest absolute Gasteiger partial charge is 0.416 e. The van der Waals surface area contributed by atoms with Gasteiger partial charge in [0, 0.05) is 23.2 Å². The Hall–Kier alpha value is -2.49. The summed E-state index contributed by atoms with van der Waals surface area (Å²) in [4.78, 5) is 23.7. The third kappa shape index (κ3) is 4.05. The molecule has 4 rings (SSSR count). The number of likely N-dealkylation sites (N-methyl/N-ethyl adjacent to an activating group) is 1. The first kappa shape index (κ1) is 20.8. The summed E-state index contributed by atoms with van der Waals surface area (Å²) in [5.41, 5.74) is 0.704. The molecule has 0 bridgehead atoms. The van der Waals surface area contributed by atoms with Crippen LogP contribution >= 0.6 is 11.8 Å². The average Bonchev–Trinajstić information content (AvgIpc) is 2.65. The molecular formula is C20H22F3N5OS. The van der Waals surface area contributed by atoms with Crippen LogP contribution in [0.2, 0.25) is 0 Å². The monoisotopic (exact) mass is 437 g/mol.